The van der Waals surface area contributed by atoms with Crippen molar-refractivity contribution < 1.29 is 9.59 Å². The zero-order chi connectivity index (χ0) is 21.1. The highest BCUT2D eigenvalue weighted by molar-refractivity contribution is 6.04. The Balaban J connectivity index is 1.86. The van der Waals surface area contributed by atoms with E-state index in [1.807, 2.05) is 39.0 Å². The lowest BCUT2D eigenvalue weighted by molar-refractivity contribution is 0.101. The minimum absolute atomic E-state index is 0.0253. The number of nitrogens with one attached hydrogen (secondary N) is 2. The molecule has 148 valence electrons. The Bertz CT molecular complexity index is 1080. The molecule has 2 N–H and O–H groups in total. The van der Waals surface area contributed by atoms with Crippen LogP contribution in [0.15, 0.2) is 42.5 Å². The van der Waals surface area contributed by atoms with Gasteiger partial charge >= 0.3 is 0 Å². The van der Waals surface area contributed by atoms with E-state index in [0.717, 1.165) is 22.4 Å². The van der Waals surface area contributed by atoms with E-state index >= 15 is 0 Å². The SMILES string of the molecule is CC(=O)c1cccc(Nc2nc(C)cc(C(=O)Nc3c(C)cc(C)cc3C)n2)c1. The van der Waals surface area contributed by atoms with E-state index in [4.69, 9.17) is 0 Å². The summed E-state index contributed by atoms with van der Waals surface area (Å²) in [6.45, 7) is 9.28. The monoisotopic (exact) mass is 388 g/mol. The van der Waals surface area contributed by atoms with Crippen LogP contribution in [0.4, 0.5) is 17.3 Å². The molecule has 3 rings (SSSR count). The standard InChI is InChI=1S/C23H24N4O2/c1-13-9-14(2)21(15(3)10-13)27-22(29)20-11-16(4)24-23(26-20)25-19-8-6-7-18(12-19)17(5)28/h6-12H,1-5H3,(H,27,29)(H,24,25,26). The summed E-state index contributed by atoms with van der Waals surface area (Å²) in [5, 5.41) is 6.04. The zero-order valence-electron chi connectivity index (χ0n) is 17.3. The maximum atomic E-state index is 12.8. The lowest BCUT2D eigenvalue weighted by Gasteiger charge is -2.13. The van der Waals surface area contributed by atoms with Crippen molar-refractivity contribution in [2.45, 2.75) is 34.6 Å². The fraction of sp³-hybridized carbons (Fsp3) is 0.217. The van der Waals surface area contributed by atoms with Crippen molar-refractivity contribution >= 4 is 29.0 Å². The van der Waals surface area contributed by atoms with Crippen LogP contribution in [0.2, 0.25) is 0 Å². The van der Waals surface area contributed by atoms with Crippen LogP contribution in [-0.2, 0) is 0 Å². The molecule has 6 nitrogen and oxygen atoms in total. The fourth-order valence-corrected chi connectivity index (χ4v) is 3.24. The molecule has 0 bridgehead atoms. The van der Waals surface area contributed by atoms with Crippen molar-refractivity contribution in [2.24, 2.45) is 0 Å². The number of amides is 1. The number of nitrogens with zero attached hydrogens (tertiary/aromatic N) is 2. The molecule has 2 aromatic carbocycles. The number of Topliss-reactive ketones (excluding diaryl/α,β-unsaturated/α-hetero) is 1. The molecule has 0 aliphatic carbocycles. The predicted octanol–water partition coefficient (Wildman–Crippen LogP) is 4.91. The van der Waals surface area contributed by atoms with Crippen LogP contribution < -0.4 is 10.6 Å². The third-order valence-electron chi connectivity index (χ3n) is 4.53. The molecule has 0 spiro atoms. The maximum absolute atomic E-state index is 12.8. The van der Waals surface area contributed by atoms with E-state index in [2.05, 4.69) is 20.6 Å². The second-order valence-electron chi connectivity index (χ2n) is 7.21. The van der Waals surface area contributed by atoms with Crippen LogP contribution in [0, 0.1) is 27.7 Å². The minimum Gasteiger partial charge on any atom is -0.324 e. The zero-order valence-corrected chi connectivity index (χ0v) is 17.3. The summed E-state index contributed by atoms with van der Waals surface area (Å²) in [5.74, 6) is -0.0259. The summed E-state index contributed by atoms with van der Waals surface area (Å²) in [6.07, 6.45) is 0. The van der Waals surface area contributed by atoms with E-state index in [0.29, 0.717) is 22.9 Å². The lowest BCUT2D eigenvalue weighted by Crippen LogP contribution is -2.17. The maximum Gasteiger partial charge on any atom is 0.274 e. The van der Waals surface area contributed by atoms with Crippen molar-refractivity contribution in [1.29, 1.82) is 0 Å². The summed E-state index contributed by atoms with van der Waals surface area (Å²) in [5.41, 5.74) is 6.14. The summed E-state index contributed by atoms with van der Waals surface area (Å²) in [7, 11) is 0. The van der Waals surface area contributed by atoms with Crippen molar-refractivity contribution in [3.63, 3.8) is 0 Å². The third-order valence-corrected chi connectivity index (χ3v) is 4.53. The van der Waals surface area contributed by atoms with Gasteiger partial charge in [0.25, 0.3) is 5.91 Å². The Hall–Kier alpha value is -3.54. The molecule has 0 aliphatic rings. The summed E-state index contributed by atoms with van der Waals surface area (Å²) < 4.78 is 0. The van der Waals surface area contributed by atoms with E-state index in [-0.39, 0.29) is 17.4 Å². The van der Waals surface area contributed by atoms with Crippen LogP contribution in [0.5, 0.6) is 0 Å². The normalized spacial score (nSPS) is 10.5. The largest absolute Gasteiger partial charge is 0.324 e. The number of aromatic nitrogens is 2. The van der Waals surface area contributed by atoms with Gasteiger partial charge in [-0.1, -0.05) is 29.8 Å². The highest BCUT2D eigenvalue weighted by Crippen LogP contribution is 2.23. The molecule has 29 heavy (non-hydrogen) atoms. The number of anilines is 3. The van der Waals surface area contributed by atoms with E-state index < -0.39 is 0 Å². The highest BCUT2D eigenvalue weighted by Gasteiger charge is 2.14. The topological polar surface area (TPSA) is 84.0 Å². The number of ketones is 1. The first-order valence-corrected chi connectivity index (χ1v) is 9.36. The van der Waals surface area contributed by atoms with Gasteiger partial charge in [-0.3, -0.25) is 9.59 Å². The van der Waals surface area contributed by atoms with Crippen molar-refractivity contribution in [1.82, 2.24) is 9.97 Å². The summed E-state index contributed by atoms with van der Waals surface area (Å²) in [6, 6.07) is 12.8. The quantitative estimate of drug-likeness (QED) is 0.607. The molecule has 0 fully saturated rings. The first kappa shape index (κ1) is 20.2. The Labute approximate surface area is 170 Å². The van der Waals surface area contributed by atoms with Gasteiger partial charge in [0.05, 0.1) is 0 Å². The van der Waals surface area contributed by atoms with Gasteiger partial charge in [-0.25, -0.2) is 9.97 Å². The second kappa shape index (κ2) is 8.22. The van der Waals surface area contributed by atoms with Gasteiger partial charge in [0.1, 0.15) is 5.69 Å². The summed E-state index contributed by atoms with van der Waals surface area (Å²) >= 11 is 0. The molecule has 6 heteroatoms. The molecule has 0 atom stereocenters. The number of carbonyl (C=O) groups is 2. The van der Waals surface area contributed by atoms with Gasteiger partial charge in [0.15, 0.2) is 5.78 Å². The van der Waals surface area contributed by atoms with E-state index in [9.17, 15) is 9.59 Å². The molecule has 0 aliphatic heterocycles. The van der Waals surface area contributed by atoms with Gasteiger partial charge in [-0.05, 0) is 63.9 Å². The molecular formula is C23H24N4O2. The number of carbonyl (C=O) groups excluding carboxylic acids is 2. The average Bonchev–Trinajstić information content (AvgIpc) is 2.64. The number of hydrogen-bond acceptors (Lipinski definition) is 5. The van der Waals surface area contributed by atoms with Crippen LogP contribution in [0.1, 0.15) is 50.2 Å². The van der Waals surface area contributed by atoms with Crippen LogP contribution in [-0.4, -0.2) is 21.7 Å². The first-order valence-electron chi connectivity index (χ1n) is 9.36. The first-order chi connectivity index (χ1) is 13.7. The van der Waals surface area contributed by atoms with Crippen LogP contribution in [0.25, 0.3) is 0 Å². The Kier molecular flexibility index (Phi) is 5.73. The van der Waals surface area contributed by atoms with Crippen LogP contribution in [0.3, 0.4) is 0 Å². The molecule has 3 aromatic rings. The highest BCUT2D eigenvalue weighted by atomic mass is 16.2. The summed E-state index contributed by atoms with van der Waals surface area (Å²) in [4.78, 5) is 33.1. The van der Waals surface area contributed by atoms with Gasteiger partial charge in [-0.15, -0.1) is 0 Å². The van der Waals surface area contributed by atoms with Gasteiger partial charge in [0, 0.05) is 22.6 Å². The second-order valence-corrected chi connectivity index (χ2v) is 7.21. The number of hydrogen-bond donors (Lipinski definition) is 2. The Morgan fingerprint density at radius 1 is 0.897 bits per heavy atom. The van der Waals surface area contributed by atoms with Gasteiger partial charge in [-0.2, -0.15) is 0 Å². The van der Waals surface area contributed by atoms with E-state index in [1.165, 1.54) is 6.92 Å². The molecule has 1 amide bonds. The van der Waals surface area contributed by atoms with Gasteiger partial charge in [0.2, 0.25) is 5.95 Å². The van der Waals surface area contributed by atoms with Crippen LogP contribution >= 0.6 is 0 Å². The van der Waals surface area contributed by atoms with E-state index in [1.54, 1.807) is 31.2 Å². The molecule has 1 heterocycles. The third kappa shape index (κ3) is 4.85. The number of rotatable bonds is 5. The van der Waals surface area contributed by atoms with Gasteiger partial charge < -0.3 is 10.6 Å². The average molecular weight is 388 g/mol. The molecule has 0 radical (unpaired) electrons. The Morgan fingerprint density at radius 2 is 1.59 bits per heavy atom. The molecular weight excluding hydrogens is 364 g/mol. The molecule has 1 aromatic heterocycles. The minimum atomic E-state index is -0.300. The lowest BCUT2D eigenvalue weighted by atomic mass is 10.0. The predicted molar refractivity (Wildman–Crippen MR) is 115 cm³/mol. The smallest absolute Gasteiger partial charge is 0.274 e. The number of benzene rings is 2. The fourth-order valence-electron chi connectivity index (χ4n) is 3.24. The number of aryl methyl sites for hydroxylation is 4. The molecule has 0 saturated heterocycles. The van der Waals surface area contributed by atoms with Crippen molar-refractivity contribution in [3.05, 3.63) is 76.1 Å². The molecule has 0 unspecified atom stereocenters. The molecule has 0 saturated carbocycles. The van der Waals surface area contributed by atoms with Crippen molar-refractivity contribution in [2.75, 3.05) is 10.6 Å². The Morgan fingerprint density at radius 3 is 2.24 bits per heavy atom. The van der Waals surface area contributed by atoms with Crippen molar-refractivity contribution in [3.8, 4) is 0 Å².